The van der Waals surface area contributed by atoms with Crippen molar-refractivity contribution in [3.63, 3.8) is 0 Å². The summed E-state index contributed by atoms with van der Waals surface area (Å²) in [7, 11) is 0. The van der Waals surface area contributed by atoms with Crippen LogP contribution in [0.4, 0.5) is 4.79 Å². The summed E-state index contributed by atoms with van der Waals surface area (Å²) in [5, 5.41) is 0. The fourth-order valence-corrected chi connectivity index (χ4v) is 3.50. The molecule has 2 aliphatic rings. The molecule has 1 atom stereocenters. The molecule has 2 amide bonds. The van der Waals surface area contributed by atoms with Gasteiger partial charge in [-0.2, -0.15) is 0 Å². The third-order valence-electron chi connectivity index (χ3n) is 4.52. The van der Waals surface area contributed by atoms with Gasteiger partial charge in [0.1, 0.15) is 5.60 Å². The smallest absolute Gasteiger partial charge is 0.417 e. The molecule has 3 rings (SSSR count). The summed E-state index contributed by atoms with van der Waals surface area (Å²) in [4.78, 5) is 38.1. The van der Waals surface area contributed by atoms with E-state index in [1.165, 1.54) is 4.90 Å². The Bertz CT molecular complexity index is 689. The van der Waals surface area contributed by atoms with Crippen LogP contribution in [0.5, 0.6) is 0 Å². The highest BCUT2D eigenvalue weighted by Crippen LogP contribution is 2.46. The lowest BCUT2D eigenvalue weighted by Crippen LogP contribution is -2.49. The lowest BCUT2D eigenvalue weighted by molar-refractivity contribution is -0.134. The highest BCUT2D eigenvalue weighted by molar-refractivity contribution is 6.04. The molecular weight excluding hydrogens is 294 g/mol. The average Bonchev–Trinajstić information content (AvgIpc) is 2.70. The van der Waals surface area contributed by atoms with Gasteiger partial charge in [0.05, 0.1) is 0 Å². The highest BCUT2D eigenvalue weighted by Gasteiger charge is 2.49. The largest absolute Gasteiger partial charge is 0.443 e. The molecule has 0 radical (unpaired) electrons. The fraction of sp³-hybridized carbons (Fsp3) is 0.500. The molecule has 5 nitrogen and oxygen atoms in total. The molecule has 1 spiro atoms. The Labute approximate surface area is 135 Å². The van der Waals surface area contributed by atoms with Crippen LogP contribution in [0.25, 0.3) is 0 Å². The van der Waals surface area contributed by atoms with Crippen LogP contribution in [0.15, 0.2) is 24.3 Å². The van der Waals surface area contributed by atoms with Crippen molar-refractivity contribution in [2.24, 2.45) is 0 Å². The van der Waals surface area contributed by atoms with Crippen LogP contribution in [0, 0.1) is 0 Å². The maximum atomic E-state index is 12.5. The number of likely N-dealkylation sites (tertiary alicyclic amines) is 1. The van der Waals surface area contributed by atoms with E-state index in [2.05, 4.69) is 0 Å². The maximum absolute atomic E-state index is 12.5. The zero-order valence-corrected chi connectivity index (χ0v) is 13.7. The molecule has 1 aromatic rings. The summed E-state index contributed by atoms with van der Waals surface area (Å²) in [6.45, 7) is 5.60. The first-order chi connectivity index (χ1) is 10.7. The molecule has 1 fully saturated rings. The van der Waals surface area contributed by atoms with Crippen LogP contribution in [0.2, 0.25) is 0 Å². The van der Waals surface area contributed by atoms with E-state index in [4.69, 9.17) is 4.74 Å². The monoisotopic (exact) mass is 315 g/mol. The van der Waals surface area contributed by atoms with E-state index in [0.29, 0.717) is 18.4 Å². The minimum Gasteiger partial charge on any atom is -0.443 e. The second-order valence-electron chi connectivity index (χ2n) is 7.38. The summed E-state index contributed by atoms with van der Waals surface area (Å²) in [6, 6.07) is 7.48. The molecule has 1 aliphatic heterocycles. The van der Waals surface area contributed by atoms with Gasteiger partial charge in [0, 0.05) is 30.4 Å². The van der Waals surface area contributed by atoms with Crippen molar-refractivity contribution in [1.82, 2.24) is 4.90 Å². The van der Waals surface area contributed by atoms with Gasteiger partial charge in [-0.3, -0.25) is 9.59 Å². The minimum absolute atomic E-state index is 0.0825. The number of hydrogen-bond donors (Lipinski definition) is 0. The number of carbonyl (C=O) groups excluding carboxylic acids is 3. The topological polar surface area (TPSA) is 63.7 Å². The number of imide groups is 1. The second-order valence-corrected chi connectivity index (χ2v) is 7.38. The Hall–Kier alpha value is -2.17. The zero-order valence-electron chi connectivity index (χ0n) is 13.7. The number of amides is 2. The summed E-state index contributed by atoms with van der Waals surface area (Å²) >= 11 is 0. The number of piperidine rings is 1. The number of ketones is 1. The van der Waals surface area contributed by atoms with E-state index in [1.54, 1.807) is 20.8 Å². The number of benzene rings is 1. The maximum Gasteiger partial charge on any atom is 0.417 e. The molecule has 1 aliphatic carbocycles. The van der Waals surface area contributed by atoms with Gasteiger partial charge < -0.3 is 4.74 Å². The highest BCUT2D eigenvalue weighted by atomic mass is 16.6. The molecule has 0 saturated carbocycles. The lowest BCUT2D eigenvalue weighted by atomic mass is 9.73. The normalized spacial score (nSPS) is 24.0. The second kappa shape index (κ2) is 5.18. The van der Waals surface area contributed by atoms with Gasteiger partial charge in [0.25, 0.3) is 0 Å². The van der Waals surface area contributed by atoms with Crippen LogP contribution < -0.4 is 0 Å². The van der Waals surface area contributed by atoms with Gasteiger partial charge in [0.15, 0.2) is 5.78 Å². The van der Waals surface area contributed by atoms with Crippen LogP contribution in [-0.4, -0.2) is 34.8 Å². The molecule has 0 bridgehead atoms. The number of fused-ring (bicyclic) bond motifs is 2. The third-order valence-corrected chi connectivity index (χ3v) is 4.52. The van der Waals surface area contributed by atoms with Crippen LogP contribution in [-0.2, 0) is 14.9 Å². The summed E-state index contributed by atoms with van der Waals surface area (Å²) in [5.74, 6) is -0.186. The van der Waals surface area contributed by atoms with E-state index in [0.717, 1.165) is 5.56 Å². The fourth-order valence-electron chi connectivity index (χ4n) is 3.50. The van der Waals surface area contributed by atoms with E-state index in [1.807, 2.05) is 24.3 Å². The number of nitrogens with zero attached hydrogens (tertiary/aromatic N) is 1. The number of Topliss-reactive ketones (excluding diaryl/α,β-unsaturated/α-hetero) is 1. The minimum atomic E-state index is -0.636. The molecule has 5 heteroatoms. The Morgan fingerprint density at radius 2 is 1.87 bits per heavy atom. The van der Waals surface area contributed by atoms with Gasteiger partial charge in [-0.05, 0) is 32.8 Å². The summed E-state index contributed by atoms with van der Waals surface area (Å²) in [6.07, 6.45) is 0.519. The van der Waals surface area contributed by atoms with Crippen molar-refractivity contribution < 1.29 is 19.1 Å². The number of rotatable bonds is 0. The number of ether oxygens (including phenoxy) is 1. The molecule has 0 unspecified atom stereocenters. The first kappa shape index (κ1) is 15.7. The van der Waals surface area contributed by atoms with Crippen molar-refractivity contribution in [2.75, 3.05) is 6.54 Å². The zero-order chi connectivity index (χ0) is 16.8. The number of carbonyl (C=O) groups is 3. The standard InChI is InChI=1S/C18H21NO4/c1-17(2,3)23-16(22)19-9-8-18(11-15(19)21)10-14(20)12-6-4-5-7-13(12)18/h4-7H,8-11H2,1-3H3/t18-/m0/s1. The summed E-state index contributed by atoms with van der Waals surface area (Å²) < 4.78 is 5.29. The molecule has 1 saturated heterocycles. The Kier molecular flexibility index (Phi) is 3.54. The van der Waals surface area contributed by atoms with E-state index in [9.17, 15) is 14.4 Å². The Morgan fingerprint density at radius 1 is 1.17 bits per heavy atom. The molecule has 23 heavy (non-hydrogen) atoms. The van der Waals surface area contributed by atoms with Crippen molar-refractivity contribution in [2.45, 2.75) is 51.0 Å². The quantitative estimate of drug-likeness (QED) is 0.738. The van der Waals surface area contributed by atoms with Gasteiger partial charge in [-0.1, -0.05) is 24.3 Å². The van der Waals surface area contributed by atoms with E-state index >= 15 is 0 Å². The SMILES string of the molecule is CC(C)(C)OC(=O)N1CC[C@]2(CC(=O)c3ccccc32)CC1=O. The third kappa shape index (κ3) is 2.76. The molecular formula is C18H21NO4. The van der Waals surface area contributed by atoms with Crippen LogP contribution in [0.3, 0.4) is 0 Å². The van der Waals surface area contributed by atoms with Crippen LogP contribution >= 0.6 is 0 Å². The summed E-state index contributed by atoms with van der Waals surface area (Å²) in [5.41, 5.74) is 0.569. The molecule has 1 aromatic carbocycles. The van der Waals surface area contributed by atoms with Crippen molar-refractivity contribution in [3.05, 3.63) is 35.4 Å². The lowest BCUT2D eigenvalue weighted by Gasteiger charge is -2.38. The van der Waals surface area contributed by atoms with Gasteiger partial charge in [-0.25, -0.2) is 9.69 Å². The average molecular weight is 315 g/mol. The molecule has 1 heterocycles. The van der Waals surface area contributed by atoms with Crippen LogP contribution in [0.1, 0.15) is 56.0 Å². The van der Waals surface area contributed by atoms with Crippen molar-refractivity contribution >= 4 is 17.8 Å². The predicted molar refractivity (Wildman–Crippen MR) is 84.2 cm³/mol. The van der Waals surface area contributed by atoms with Gasteiger partial charge >= 0.3 is 6.09 Å². The van der Waals surface area contributed by atoms with Gasteiger partial charge in [0.2, 0.25) is 5.91 Å². The predicted octanol–water partition coefficient (Wildman–Crippen LogP) is 3.07. The first-order valence-electron chi connectivity index (χ1n) is 7.88. The molecule has 0 N–H and O–H groups in total. The van der Waals surface area contributed by atoms with Gasteiger partial charge in [-0.15, -0.1) is 0 Å². The van der Waals surface area contributed by atoms with E-state index in [-0.39, 0.29) is 24.7 Å². The number of hydrogen-bond acceptors (Lipinski definition) is 4. The van der Waals surface area contributed by atoms with Crippen molar-refractivity contribution in [3.8, 4) is 0 Å². The Balaban J connectivity index is 1.81. The molecule has 0 aromatic heterocycles. The first-order valence-corrected chi connectivity index (χ1v) is 7.88. The van der Waals surface area contributed by atoms with E-state index < -0.39 is 17.1 Å². The Morgan fingerprint density at radius 3 is 2.52 bits per heavy atom. The van der Waals surface area contributed by atoms with Crippen molar-refractivity contribution in [1.29, 1.82) is 0 Å². The molecule has 122 valence electrons.